The molecule has 2 saturated carbocycles. The van der Waals surface area contributed by atoms with E-state index in [1.54, 1.807) is 0 Å². The topological polar surface area (TPSA) is 74.6 Å². The average Bonchev–Trinajstić information content (AvgIpc) is 3.33. The van der Waals surface area contributed by atoms with Crippen LogP contribution in [0.3, 0.4) is 0 Å². The first-order chi connectivity index (χ1) is 10.6. The Kier molecular flexibility index (Phi) is 6.71. The Labute approximate surface area is 133 Å². The summed E-state index contributed by atoms with van der Waals surface area (Å²) in [5.74, 6) is -0.518. The highest BCUT2D eigenvalue weighted by atomic mass is 16.4. The molecule has 2 fully saturated rings. The number of unbranched alkanes of at least 4 members (excludes halogenated alkanes) is 5. The minimum Gasteiger partial charge on any atom is -0.481 e. The van der Waals surface area contributed by atoms with Crippen LogP contribution in [0.25, 0.3) is 0 Å². The minimum absolute atomic E-state index is 0.102. The van der Waals surface area contributed by atoms with Crippen LogP contribution in [0.2, 0.25) is 0 Å². The van der Waals surface area contributed by atoms with E-state index in [4.69, 9.17) is 10.2 Å². The summed E-state index contributed by atoms with van der Waals surface area (Å²) < 4.78 is 0. The summed E-state index contributed by atoms with van der Waals surface area (Å²) in [5.41, 5.74) is 0. The SMILES string of the molecule is O=C(O)C(CCCCCCCCC(C(=O)O)C1CC1)C1CC1. The molecule has 2 unspecified atom stereocenters. The van der Waals surface area contributed by atoms with Crippen molar-refractivity contribution in [1.29, 1.82) is 0 Å². The molecule has 0 aromatic rings. The summed E-state index contributed by atoms with van der Waals surface area (Å²) in [6.07, 6.45) is 12.6. The summed E-state index contributed by atoms with van der Waals surface area (Å²) in [4.78, 5) is 22.2. The summed E-state index contributed by atoms with van der Waals surface area (Å²) in [6.45, 7) is 0. The number of carboxylic acids is 2. The highest BCUT2D eigenvalue weighted by Gasteiger charge is 2.36. The molecule has 2 atom stereocenters. The number of aliphatic carboxylic acids is 2. The largest absolute Gasteiger partial charge is 0.481 e. The van der Waals surface area contributed by atoms with Gasteiger partial charge >= 0.3 is 11.9 Å². The molecule has 2 aliphatic carbocycles. The van der Waals surface area contributed by atoms with Crippen molar-refractivity contribution in [2.75, 3.05) is 0 Å². The Morgan fingerprint density at radius 3 is 1.27 bits per heavy atom. The zero-order valence-corrected chi connectivity index (χ0v) is 13.5. The molecule has 0 aromatic carbocycles. The van der Waals surface area contributed by atoms with Crippen molar-refractivity contribution in [1.82, 2.24) is 0 Å². The van der Waals surface area contributed by atoms with Crippen molar-refractivity contribution >= 4 is 11.9 Å². The molecule has 0 aliphatic heterocycles. The average molecular weight is 310 g/mol. The zero-order valence-electron chi connectivity index (χ0n) is 13.5. The van der Waals surface area contributed by atoms with Crippen molar-refractivity contribution in [3.63, 3.8) is 0 Å². The molecule has 0 spiro atoms. The molecule has 2 aliphatic rings. The van der Waals surface area contributed by atoms with Crippen molar-refractivity contribution < 1.29 is 19.8 Å². The number of rotatable bonds is 13. The molecule has 0 aromatic heterocycles. The standard InChI is InChI=1S/C18H30O4/c19-17(20)15(13-9-10-13)7-5-3-1-2-4-6-8-16(18(21)22)14-11-12-14/h13-16H,1-12H2,(H,19,20)(H,21,22). The maximum Gasteiger partial charge on any atom is 0.306 e. The number of hydrogen-bond acceptors (Lipinski definition) is 2. The molecular weight excluding hydrogens is 280 g/mol. The molecule has 0 heterocycles. The van der Waals surface area contributed by atoms with Gasteiger partial charge in [-0.05, 0) is 50.4 Å². The van der Waals surface area contributed by atoms with Crippen LogP contribution in [0, 0.1) is 23.7 Å². The van der Waals surface area contributed by atoms with Crippen LogP contribution in [0.15, 0.2) is 0 Å². The van der Waals surface area contributed by atoms with Crippen molar-refractivity contribution in [2.24, 2.45) is 23.7 Å². The molecule has 4 nitrogen and oxygen atoms in total. The van der Waals surface area contributed by atoms with Gasteiger partial charge in [0.15, 0.2) is 0 Å². The van der Waals surface area contributed by atoms with Gasteiger partial charge in [0, 0.05) is 0 Å². The first-order valence-electron chi connectivity index (χ1n) is 9.05. The van der Waals surface area contributed by atoms with E-state index in [-0.39, 0.29) is 11.8 Å². The fourth-order valence-electron chi connectivity index (χ4n) is 3.55. The Morgan fingerprint density at radius 1 is 0.682 bits per heavy atom. The van der Waals surface area contributed by atoms with E-state index < -0.39 is 11.9 Å². The summed E-state index contributed by atoms with van der Waals surface area (Å²) in [6, 6.07) is 0. The predicted octanol–water partition coefficient (Wildman–Crippen LogP) is 4.33. The molecule has 2 N–H and O–H groups in total. The lowest BCUT2D eigenvalue weighted by atomic mass is 9.94. The normalized spacial score (nSPS) is 20.5. The molecule has 2 rings (SSSR count). The van der Waals surface area contributed by atoms with E-state index in [0.717, 1.165) is 77.0 Å². The second-order valence-corrected chi connectivity index (χ2v) is 7.26. The van der Waals surface area contributed by atoms with E-state index >= 15 is 0 Å². The molecule has 4 heteroatoms. The fourth-order valence-corrected chi connectivity index (χ4v) is 3.55. The molecule has 0 saturated heterocycles. The van der Waals surface area contributed by atoms with Crippen LogP contribution < -0.4 is 0 Å². The van der Waals surface area contributed by atoms with Gasteiger partial charge in [-0.15, -0.1) is 0 Å². The van der Waals surface area contributed by atoms with Gasteiger partial charge in [-0.1, -0.05) is 38.5 Å². The van der Waals surface area contributed by atoms with Gasteiger partial charge in [0.05, 0.1) is 11.8 Å². The van der Waals surface area contributed by atoms with E-state index in [2.05, 4.69) is 0 Å². The van der Waals surface area contributed by atoms with E-state index in [1.807, 2.05) is 0 Å². The van der Waals surface area contributed by atoms with Crippen LogP contribution in [-0.4, -0.2) is 22.2 Å². The lowest BCUT2D eigenvalue weighted by molar-refractivity contribution is -0.143. The molecule has 126 valence electrons. The van der Waals surface area contributed by atoms with E-state index in [1.165, 1.54) is 0 Å². The molecule has 0 bridgehead atoms. The summed E-state index contributed by atoms with van der Waals surface area (Å²) in [7, 11) is 0. The van der Waals surface area contributed by atoms with Crippen molar-refractivity contribution in [3.8, 4) is 0 Å². The Bertz CT molecular complexity index is 335. The van der Waals surface area contributed by atoms with Gasteiger partial charge in [0.25, 0.3) is 0 Å². The monoisotopic (exact) mass is 310 g/mol. The summed E-state index contributed by atoms with van der Waals surface area (Å²) in [5, 5.41) is 18.3. The molecule has 22 heavy (non-hydrogen) atoms. The summed E-state index contributed by atoms with van der Waals surface area (Å²) >= 11 is 0. The molecule has 0 amide bonds. The Balaban J connectivity index is 1.44. The van der Waals surface area contributed by atoms with Crippen molar-refractivity contribution in [2.45, 2.75) is 77.0 Å². The van der Waals surface area contributed by atoms with Gasteiger partial charge in [-0.3, -0.25) is 9.59 Å². The highest BCUT2D eigenvalue weighted by Crippen LogP contribution is 2.40. The van der Waals surface area contributed by atoms with Crippen LogP contribution in [0.5, 0.6) is 0 Å². The van der Waals surface area contributed by atoms with Gasteiger partial charge in [0.1, 0.15) is 0 Å². The van der Waals surface area contributed by atoms with Crippen LogP contribution in [0.1, 0.15) is 77.0 Å². The first kappa shape index (κ1) is 17.3. The van der Waals surface area contributed by atoms with Gasteiger partial charge in [-0.25, -0.2) is 0 Å². The molecular formula is C18H30O4. The number of carbonyl (C=O) groups is 2. The van der Waals surface area contributed by atoms with E-state index in [9.17, 15) is 9.59 Å². The lowest BCUT2D eigenvalue weighted by Gasteiger charge is -2.11. The third kappa shape index (κ3) is 5.98. The molecule has 0 radical (unpaired) electrons. The number of carboxylic acid groups (broad SMARTS) is 2. The number of hydrogen-bond donors (Lipinski definition) is 2. The second-order valence-electron chi connectivity index (χ2n) is 7.26. The van der Waals surface area contributed by atoms with Crippen LogP contribution in [-0.2, 0) is 9.59 Å². The van der Waals surface area contributed by atoms with Crippen molar-refractivity contribution in [3.05, 3.63) is 0 Å². The first-order valence-corrected chi connectivity index (χ1v) is 9.05. The maximum absolute atomic E-state index is 11.1. The zero-order chi connectivity index (χ0) is 15.9. The van der Waals surface area contributed by atoms with Crippen LogP contribution >= 0.6 is 0 Å². The van der Waals surface area contributed by atoms with Gasteiger partial charge in [-0.2, -0.15) is 0 Å². The second kappa shape index (κ2) is 8.54. The van der Waals surface area contributed by atoms with Crippen LogP contribution in [0.4, 0.5) is 0 Å². The Hall–Kier alpha value is -1.06. The predicted molar refractivity (Wildman–Crippen MR) is 84.6 cm³/mol. The van der Waals surface area contributed by atoms with Gasteiger partial charge < -0.3 is 10.2 Å². The highest BCUT2D eigenvalue weighted by molar-refractivity contribution is 5.71. The lowest BCUT2D eigenvalue weighted by Crippen LogP contribution is -2.15. The smallest absolute Gasteiger partial charge is 0.306 e. The van der Waals surface area contributed by atoms with E-state index in [0.29, 0.717) is 11.8 Å². The Morgan fingerprint density at radius 2 is 1.00 bits per heavy atom. The quantitative estimate of drug-likeness (QED) is 0.497. The third-order valence-corrected chi connectivity index (χ3v) is 5.30. The van der Waals surface area contributed by atoms with Gasteiger partial charge in [0.2, 0.25) is 0 Å². The minimum atomic E-state index is -0.609. The fraction of sp³-hybridized carbons (Fsp3) is 0.889. The maximum atomic E-state index is 11.1. The third-order valence-electron chi connectivity index (χ3n) is 5.30.